The first-order valence-corrected chi connectivity index (χ1v) is 6.58. The number of piperidine rings is 1. The maximum Gasteiger partial charge on any atom is 0.0695 e. The molecule has 1 heterocycles. The van der Waals surface area contributed by atoms with Gasteiger partial charge in [0.05, 0.1) is 12.7 Å². The molecule has 0 unspecified atom stereocenters. The van der Waals surface area contributed by atoms with Gasteiger partial charge in [-0.3, -0.25) is 4.90 Å². The van der Waals surface area contributed by atoms with Gasteiger partial charge in [0.15, 0.2) is 0 Å². The first-order chi connectivity index (χ1) is 7.83. The molecular weight excluding hydrogens is 204 g/mol. The van der Waals surface area contributed by atoms with E-state index in [4.69, 9.17) is 0 Å². The van der Waals surface area contributed by atoms with Gasteiger partial charge in [-0.1, -0.05) is 0 Å². The molecule has 0 aromatic heterocycles. The first-order valence-electron chi connectivity index (χ1n) is 6.58. The van der Waals surface area contributed by atoms with E-state index in [0.717, 1.165) is 45.2 Å². The highest BCUT2D eigenvalue weighted by Crippen LogP contribution is 2.27. The van der Waals surface area contributed by atoms with Gasteiger partial charge < -0.3 is 15.5 Å². The average molecular weight is 228 g/mol. The van der Waals surface area contributed by atoms with Crippen LogP contribution in [-0.4, -0.2) is 59.5 Å². The summed E-state index contributed by atoms with van der Waals surface area (Å²) >= 11 is 0. The fraction of sp³-hybridized carbons (Fsp3) is 1.00. The fourth-order valence-corrected chi connectivity index (χ4v) is 3.18. The summed E-state index contributed by atoms with van der Waals surface area (Å²) in [5.41, 5.74) is 0. The highest BCUT2D eigenvalue weighted by Gasteiger charge is 2.34. The second-order valence-electron chi connectivity index (χ2n) is 5.01. The van der Waals surface area contributed by atoms with Crippen molar-refractivity contribution in [1.29, 1.82) is 0 Å². The molecule has 1 saturated carbocycles. The lowest BCUT2D eigenvalue weighted by atomic mass is 10.0. The van der Waals surface area contributed by atoms with Gasteiger partial charge in [0.2, 0.25) is 0 Å². The second-order valence-corrected chi connectivity index (χ2v) is 5.01. The Morgan fingerprint density at radius 2 is 1.88 bits per heavy atom. The summed E-state index contributed by atoms with van der Waals surface area (Å²) in [5.74, 6) is 0. The van der Waals surface area contributed by atoms with Crippen LogP contribution in [0.5, 0.6) is 0 Å². The summed E-state index contributed by atoms with van der Waals surface area (Å²) in [5, 5.41) is 22.5. The predicted octanol–water partition coefficient (Wildman–Crippen LogP) is -0.0539. The van der Waals surface area contributed by atoms with E-state index in [-0.39, 0.29) is 18.8 Å². The normalized spacial score (nSPS) is 32.4. The number of hydrogen-bond donors (Lipinski definition) is 3. The van der Waals surface area contributed by atoms with Gasteiger partial charge in [0.25, 0.3) is 0 Å². The Labute approximate surface area is 97.6 Å². The first kappa shape index (κ1) is 12.3. The molecule has 2 aliphatic rings. The van der Waals surface area contributed by atoms with Crippen molar-refractivity contribution in [2.24, 2.45) is 0 Å². The molecule has 1 aliphatic carbocycles. The number of aliphatic hydroxyl groups excluding tert-OH is 2. The van der Waals surface area contributed by atoms with Crippen LogP contribution in [0.15, 0.2) is 0 Å². The molecule has 16 heavy (non-hydrogen) atoms. The van der Waals surface area contributed by atoms with Crippen molar-refractivity contribution in [2.75, 3.05) is 26.2 Å². The third-order valence-electron chi connectivity index (χ3n) is 4.01. The minimum Gasteiger partial charge on any atom is -0.395 e. The molecule has 0 aromatic rings. The molecule has 2 fully saturated rings. The summed E-state index contributed by atoms with van der Waals surface area (Å²) < 4.78 is 0. The zero-order chi connectivity index (χ0) is 11.4. The van der Waals surface area contributed by atoms with Crippen LogP contribution in [0.2, 0.25) is 0 Å². The van der Waals surface area contributed by atoms with Crippen LogP contribution in [0.1, 0.15) is 32.1 Å². The van der Waals surface area contributed by atoms with E-state index in [2.05, 4.69) is 10.2 Å². The minimum atomic E-state index is -0.179. The third-order valence-corrected chi connectivity index (χ3v) is 4.01. The third kappa shape index (κ3) is 2.74. The molecule has 4 nitrogen and oxygen atoms in total. The van der Waals surface area contributed by atoms with Gasteiger partial charge in [-0.25, -0.2) is 0 Å². The number of hydrogen-bond acceptors (Lipinski definition) is 4. The second kappa shape index (κ2) is 5.96. The Bertz CT molecular complexity index is 207. The zero-order valence-corrected chi connectivity index (χ0v) is 9.94. The van der Waals surface area contributed by atoms with Crippen LogP contribution in [0, 0.1) is 0 Å². The quantitative estimate of drug-likeness (QED) is 0.631. The summed E-state index contributed by atoms with van der Waals surface area (Å²) in [6, 6.07) is 0.835. The number of nitrogens with zero attached hydrogens (tertiary/aromatic N) is 1. The van der Waals surface area contributed by atoms with Crippen molar-refractivity contribution in [3.63, 3.8) is 0 Å². The average Bonchev–Trinajstić information content (AvgIpc) is 2.73. The van der Waals surface area contributed by atoms with E-state index in [1.165, 1.54) is 0 Å². The largest absolute Gasteiger partial charge is 0.395 e. The fourth-order valence-electron chi connectivity index (χ4n) is 3.18. The lowest BCUT2D eigenvalue weighted by molar-refractivity contribution is 0.0225. The van der Waals surface area contributed by atoms with Crippen LogP contribution in [0.25, 0.3) is 0 Å². The Kier molecular flexibility index (Phi) is 4.58. The summed E-state index contributed by atoms with van der Waals surface area (Å²) in [6.07, 6.45) is 5.25. The van der Waals surface area contributed by atoms with Gasteiger partial charge in [0, 0.05) is 18.6 Å². The van der Waals surface area contributed by atoms with E-state index < -0.39 is 0 Å². The van der Waals surface area contributed by atoms with Crippen molar-refractivity contribution in [3.05, 3.63) is 0 Å². The van der Waals surface area contributed by atoms with Crippen LogP contribution in [-0.2, 0) is 0 Å². The van der Waals surface area contributed by atoms with Crippen LogP contribution in [0.4, 0.5) is 0 Å². The number of aliphatic hydroxyl groups is 2. The lowest BCUT2D eigenvalue weighted by Crippen LogP contribution is -2.51. The molecule has 1 saturated heterocycles. The van der Waals surface area contributed by atoms with E-state index in [9.17, 15) is 10.2 Å². The van der Waals surface area contributed by atoms with E-state index in [0.29, 0.717) is 12.6 Å². The summed E-state index contributed by atoms with van der Waals surface area (Å²) in [7, 11) is 0. The highest BCUT2D eigenvalue weighted by atomic mass is 16.3. The summed E-state index contributed by atoms with van der Waals surface area (Å²) in [6.45, 7) is 3.05. The standard InChI is InChI=1S/C12H24N2O2/c15-9-8-14(10-4-6-13-7-5-10)11-2-1-3-12(11)16/h10-13,15-16H,1-9H2/t11-,12-/m1/s1. The van der Waals surface area contributed by atoms with Crippen molar-refractivity contribution >= 4 is 0 Å². The monoisotopic (exact) mass is 228 g/mol. The van der Waals surface area contributed by atoms with E-state index >= 15 is 0 Å². The maximum absolute atomic E-state index is 9.98. The molecule has 2 atom stereocenters. The van der Waals surface area contributed by atoms with Crippen molar-refractivity contribution in [3.8, 4) is 0 Å². The van der Waals surface area contributed by atoms with Crippen molar-refractivity contribution in [2.45, 2.75) is 50.3 Å². The maximum atomic E-state index is 9.98. The van der Waals surface area contributed by atoms with Crippen molar-refractivity contribution < 1.29 is 10.2 Å². The van der Waals surface area contributed by atoms with Gasteiger partial charge in [0.1, 0.15) is 0 Å². The Morgan fingerprint density at radius 1 is 1.12 bits per heavy atom. The molecule has 4 heteroatoms. The van der Waals surface area contributed by atoms with E-state index in [1.807, 2.05) is 0 Å². The van der Waals surface area contributed by atoms with Crippen LogP contribution >= 0.6 is 0 Å². The minimum absolute atomic E-state index is 0.179. The Hall–Kier alpha value is -0.160. The molecule has 0 amide bonds. The molecular formula is C12H24N2O2. The molecule has 3 N–H and O–H groups in total. The molecule has 1 aliphatic heterocycles. The molecule has 2 rings (SSSR count). The number of nitrogens with one attached hydrogen (secondary N) is 1. The molecule has 94 valence electrons. The highest BCUT2D eigenvalue weighted by molar-refractivity contribution is 4.90. The smallest absolute Gasteiger partial charge is 0.0695 e. The predicted molar refractivity (Wildman–Crippen MR) is 63.3 cm³/mol. The van der Waals surface area contributed by atoms with Crippen LogP contribution < -0.4 is 5.32 Å². The Morgan fingerprint density at radius 3 is 2.44 bits per heavy atom. The SMILES string of the molecule is OCCN(C1CCNCC1)[C@@H]1CCC[C@H]1O. The molecule has 0 aromatic carbocycles. The molecule has 0 spiro atoms. The topological polar surface area (TPSA) is 55.7 Å². The van der Waals surface area contributed by atoms with Gasteiger partial charge in [-0.05, 0) is 45.2 Å². The molecule has 0 bridgehead atoms. The van der Waals surface area contributed by atoms with E-state index in [1.54, 1.807) is 0 Å². The Balaban J connectivity index is 1.97. The lowest BCUT2D eigenvalue weighted by Gasteiger charge is -2.39. The zero-order valence-electron chi connectivity index (χ0n) is 9.94. The summed E-state index contributed by atoms with van der Waals surface area (Å²) in [4.78, 5) is 2.36. The van der Waals surface area contributed by atoms with Crippen molar-refractivity contribution in [1.82, 2.24) is 10.2 Å². The molecule has 0 radical (unpaired) electrons. The number of rotatable bonds is 4. The van der Waals surface area contributed by atoms with Gasteiger partial charge in [-0.15, -0.1) is 0 Å². The van der Waals surface area contributed by atoms with Gasteiger partial charge in [-0.2, -0.15) is 0 Å². The van der Waals surface area contributed by atoms with Crippen LogP contribution in [0.3, 0.4) is 0 Å². The van der Waals surface area contributed by atoms with Gasteiger partial charge >= 0.3 is 0 Å².